The Labute approximate surface area is 118 Å². The lowest BCUT2D eigenvalue weighted by Gasteiger charge is -2.27. The maximum absolute atomic E-state index is 12.5. The van der Waals surface area contributed by atoms with Gasteiger partial charge in [-0.2, -0.15) is 0 Å². The summed E-state index contributed by atoms with van der Waals surface area (Å²) in [5.74, 6) is -0.121. The molecule has 0 saturated carbocycles. The highest BCUT2D eigenvalue weighted by Gasteiger charge is 2.23. The molecule has 0 atom stereocenters. The van der Waals surface area contributed by atoms with Crippen LogP contribution in [0, 0.1) is 0 Å². The van der Waals surface area contributed by atoms with Gasteiger partial charge in [-0.3, -0.25) is 4.79 Å². The number of amides is 1. The second kappa shape index (κ2) is 5.17. The maximum atomic E-state index is 12.5. The molecule has 5 nitrogen and oxygen atoms in total. The Morgan fingerprint density at radius 2 is 2.10 bits per heavy atom. The zero-order valence-corrected chi connectivity index (χ0v) is 12.1. The Morgan fingerprint density at radius 3 is 2.70 bits per heavy atom. The van der Waals surface area contributed by atoms with Crippen LogP contribution in [0.3, 0.4) is 0 Å². The first kappa shape index (κ1) is 14.4. The van der Waals surface area contributed by atoms with Crippen LogP contribution in [0.2, 0.25) is 0 Å². The first-order valence-corrected chi connectivity index (χ1v) is 6.70. The van der Waals surface area contributed by atoms with Gasteiger partial charge in [0.25, 0.3) is 5.91 Å². The number of benzene rings is 1. The molecule has 0 radical (unpaired) electrons. The summed E-state index contributed by atoms with van der Waals surface area (Å²) in [5.41, 5.74) is 6.88. The van der Waals surface area contributed by atoms with Crippen LogP contribution in [0.15, 0.2) is 24.3 Å². The van der Waals surface area contributed by atoms with E-state index in [9.17, 15) is 9.90 Å². The van der Waals surface area contributed by atoms with E-state index in [0.29, 0.717) is 24.5 Å². The summed E-state index contributed by atoms with van der Waals surface area (Å²) >= 11 is 0. The number of hydrogen-bond acceptors (Lipinski definition) is 3. The van der Waals surface area contributed by atoms with E-state index in [1.54, 1.807) is 30.9 Å². The monoisotopic (exact) mass is 275 g/mol. The third-order valence-electron chi connectivity index (χ3n) is 3.12. The first-order valence-electron chi connectivity index (χ1n) is 6.70. The molecule has 0 unspecified atom stereocenters. The van der Waals surface area contributed by atoms with Crippen LogP contribution >= 0.6 is 0 Å². The summed E-state index contributed by atoms with van der Waals surface area (Å²) in [7, 11) is 0. The van der Waals surface area contributed by atoms with Crippen molar-refractivity contribution in [1.29, 1.82) is 0 Å². The molecule has 1 amide bonds. The number of nitrogens with two attached hydrogens (primary N) is 1. The minimum atomic E-state index is -0.915. The summed E-state index contributed by atoms with van der Waals surface area (Å²) in [6.45, 7) is 6.11. The van der Waals surface area contributed by atoms with E-state index in [-0.39, 0.29) is 5.91 Å². The number of H-pyrrole nitrogens is 1. The molecule has 5 heteroatoms. The van der Waals surface area contributed by atoms with Gasteiger partial charge >= 0.3 is 0 Å². The third-order valence-corrected chi connectivity index (χ3v) is 3.12. The van der Waals surface area contributed by atoms with Gasteiger partial charge in [0.15, 0.2) is 0 Å². The molecule has 1 heterocycles. The topological polar surface area (TPSA) is 82.3 Å². The number of nitrogens with one attached hydrogen (secondary N) is 1. The van der Waals surface area contributed by atoms with Crippen molar-refractivity contribution in [3.63, 3.8) is 0 Å². The average molecular weight is 275 g/mol. The zero-order chi connectivity index (χ0) is 14.9. The van der Waals surface area contributed by atoms with Crippen molar-refractivity contribution in [3.8, 4) is 0 Å². The lowest BCUT2D eigenvalue weighted by atomic mass is 10.1. The predicted octanol–water partition coefficient (Wildman–Crippen LogP) is 1.98. The number of aromatic amines is 1. The van der Waals surface area contributed by atoms with E-state index in [4.69, 9.17) is 5.73 Å². The van der Waals surface area contributed by atoms with Gasteiger partial charge in [0.05, 0.1) is 5.60 Å². The van der Waals surface area contributed by atoms with Gasteiger partial charge in [-0.05, 0) is 45.0 Å². The summed E-state index contributed by atoms with van der Waals surface area (Å²) in [6.07, 6.45) is 0. The third kappa shape index (κ3) is 3.11. The van der Waals surface area contributed by atoms with Gasteiger partial charge in [0.2, 0.25) is 0 Å². The standard InChI is InChI=1S/C15H21N3O2/c1-4-18(9-15(2,3)20)14(19)13-8-10-7-11(16)5-6-12(10)17-13/h5-8,17,20H,4,9,16H2,1-3H3. The predicted molar refractivity (Wildman–Crippen MR) is 80.6 cm³/mol. The number of aliphatic hydroxyl groups is 1. The molecule has 0 aliphatic carbocycles. The molecule has 0 aliphatic heterocycles. The molecule has 1 aromatic carbocycles. The number of nitrogen functional groups attached to an aromatic ring is 1. The van der Waals surface area contributed by atoms with Crippen molar-refractivity contribution in [2.45, 2.75) is 26.4 Å². The molecule has 0 saturated heterocycles. The molecule has 4 N–H and O–H groups in total. The summed E-state index contributed by atoms with van der Waals surface area (Å²) < 4.78 is 0. The molecule has 0 spiro atoms. The number of carbonyl (C=O) groups is 1. The molecule has 2 rings (SSSR count). The fraction of sp³-hybridized carbons (Fsp3) is 0.400. The Morgan fingerprint density at radius 1 is 1.40 bits per heavy atom. The zero-order valence-electron chi connectivity index (χ0n) is 12.1. The van der Waals surface area contributed by atoms with Crippen molar-refractivity contribution in [3.05, 3.63) is 30.0 Å². The SMILES string of the molecule is CCN(CC(C)(C)O)C(=O)c1cc2cc(N)ccc2[nH]1. The molecule has 108 valence electrons. The molecule has 0 bridgehead atoms. The summed E-state index contributed by atoms with van der Waals surface area (Å²) in [5, 5.41) is 10.8. The highest BCUT2D eigenvalue weighted by Crippen LogP contribution is 2.19. The van der Waals surface area contributed by atoms with Gasteiger partial charge in [-0.1, -0.05) is 0 Å². The van der Waals surface area contributed by atoms with E-state index in [1.807, 2.05) is 19.1 Å². The average Bonchev–Trinajstić information content (AvgIpc) is 2.76. The maximum Gasteiger partial charge on any atom is 0.270 e. The minimum absolute atomic E-state index is 0.121. The second-order valence-electron chi connectivity index (χ2n) is 5.66. The van der Waals surface area contributed by atoms with Gasteiger partial charge < -0.3 is 20.7 Å². The fourth-order valence-electron chi connectivity index (χ4n) is 2.23. The van der Waals surface area contributed by atoms with Crippen molar-refractivity contribution in [2.75, 3.05) is 18.8 Å². The number of likely N-dealkylation sites (N-methyl/N-ethyl adjacent to an activating group) is 1. The number of anilines is 1. The molecule has 1 aromatic heterocycles. The summed E-state index contributed by atoms with van der Waals surface area (Å²) in [4.78, 5) is 17.2. The van der Waals surface area contributed by atoms with Crippen molar-refractivity contribution < 1.29 is 9.90 Å². The van der Waals surface area contributed by atoms with E-state index < -0.39 is 5.60 Å². The van der Waals surface area contributed by atoms with Crippen LogP contribution < -0.4 is 5.73 Å². The number of fused-ring (bicyclic) bond motifs is 1. The molecule has 2 aromatic rings. The fourth-order valence-corrected chi connectivity index (χ4v) is 2.23. The number of nitrogens with zero attached hydrogens (tertiary/aromatic N) is 1. The minimum Gasteiger partial charge on any atom is -0.399 e. The van der Waals surface area contributed by atoms with Crippen LogP contribution in [-0.2, 0) is 0 Å². The van der Waals surface area contributed by atoms with Crippen molar-refractivity contribution in [2.24, 2.45) is 0 Å². The Bertz CT molecular complexity index is 626. The lowest BCUT2D eigenvalue weighted by molar-refractivity contribution is 0.0312. The smallest absolute Gasteiger partial charge is 0.270 e. The van der Waals surface area contributed by atoms with E-state index in [2.05, 4.69) is 4.98 Å². The normalized spacial score (nSPS) is 11.8. The number of aromatic nitrogens is 1. The molecular formula is C15H21N3O2. The van der Waals surface area contributed by atoms with Gasteiger partial charge in [-0.15, -0.1) is 0 Å². The van der Waals surface area contributed by atoms with Gasteiger partial charge in [0.1, 0.15) is 5.69 Å². The Hall–Kier alpha value is -2.01. The quantitative estimate of drug-likeness (QED) is 0.746. The van der Waals surface area contributed by atoms with Crippen LogP contribution in [0.1, 0.15) is 31.3 Å². The molecular weight excluding hydrogens is 254 g/mol. The van der Waals surface area contributed by atoms with Crippen LogP contribution in [0.5, 0.6) is 0 Å². The van der Waals surface area contributed by atoms with E-state index >= 15 is 0 Å². The van der Waals surface area contributed by atoms with Crippen LogP contribution in [0.4, 0.5) is 5.69 Å². The number of rotatable bonds is 4. The van der Waals surface area contributed by atoms with Gasteiger partial charge in [0, 0.05) is 29.7 Å². The highest BCUT2D eigenvalue weighted by molar-refractivity contribution is 5.98. The van der Waals surface area contributed by atoms with Gasteiger partial charge in [-0.25, -0.2) is 0 Å². The Balaban J connectivity index is 2.29. The molecule has 0 aliphatic rings. The van der Waals surface area contributed by atoms with Crippen LogP contribution in [0.25, 0.3) is 10.9 Å². The van der Waals surface area contributed by atoms with Crippen LogP contribution in [-0.4, -0.2) is 39.6 Å². The summed E-state index contributed by atoms with van der Waals surface area (Å²) in [6, 6.07) is 7.27. The van der Waals surface area contributed by atoms with E-state index in [0.717, 1.165) is 10.9 Å². The van der Waals surface area contributed by atoms with E-state index in [1.165, 1.54) is 0 Å². The molecule has 0 fully saturated rings. The lowest BCUT2D eigenvalue weighted by Crippen LogP contribution is -2.42. The number of carbonyl (C=O) groups excluding carboxylic acids is 1. The Kier molecular flexibility index (Phi) is 3.72. The largest absolute Gasteiger partial charge is 0.399 e. The number of hydrogen-bond donors (Lipinski definition) is 3. The van der Waals surface area contributed by atoms with Crippen molar-refractivity contribution in [1.82, 2.24) is 9.88 Å². The second-order valence-corrected chi connectivity index (χ2v) is 5.66. The molecule has 20 heavy (non-hydrogen) atoms. The first-order chi connectivity index (χ1) is 9.30. The van der Waals surface area contributed by atoms with Crippen molar-refractivity contribution >= 4 is 22.5 Å². The highest BCUT2D eigenvalue weighted by atomic mass is 16.3.